The van der Waals surface area contributed by atoms with Crippen LogP contribution in [0.15, 0.2) is 48.7 Å². The number of pyridine rings is 1. The van der Waals surface area contributed by atoms with Gasteiger partial charge in [0.05, 0.1) is 5.92 Å². The fourth-order valence-electron chi connectivity index (χ4n) is 2.96. The largest absolute Gasteiger partial charge is 0.481 e. The van der Waals surface area contributed by atoms with Gasteiger partial charge in [0.15, 0.2) is 0 Å². The van der Waals surface area contributed by atoms with Crippen LogP contribution in [-0.4, -0.2) is 40.1 Å². The van der Waals surface area contributed by atoms with Gasteiger partial charge in [0.2, 0.25) is 5.95 Å². The van der Waals surface area contributed by atoms with Gasteiger partial charge < -0.3 is 14.7 Å². The Morgan fingerprint density at radius 1 is 1.20 bits per heavy atom. The minimum Gasteiger partial charge on any atom is -0.481 e. The van der Waals surface area contributed by atoms with E-state index in [-0.39, 0.29) is 19.7 Å². The second-order valence-electron chi connectivity index (χ2n) is 5.91. The molecule has 2 heterocycles. The van der Waals surface area contributed by atoms with Crippen molar-refractivity contribution >= 4 is 12.1 Å². The molecule has 25 heavy (non-hydrogen) atoms. The molecule has 0 saturated carbocycles. The molecule has 7 heteroatoms. The van der Waals surface area contributed by atoms with Crippen molar-refractivity contribution in [3.05, 3.63) is 65.7 Å². The molecule has 2 aromatic rings. The number of carbonyl (C=O) groups is 2. The van der Waals surface area contributed by atoms with Crippen LogP contribution < -0.4 is 0 Å². The summed E-state index contributed by atoms with van der Waals surface area (Å²) in [7, 11) is 0. The molecule has 1 aliphatic rings. The lowest BCUT2D eigenvalue weighted by molar-refractivity contribution is -0.141. The summed E-state index contributed by atoms with van der Waals surface area (Å²) in [6.07, 6.45) is 0.752. The lowest BCUT2D eigenvalue weighted by atomic mass is 9.90. The Bertz CT molecular complexity index is 751. The van der Waals surface area contributed by atoms with Gasteiger partial charge in [-0.2, -0.15) is 4.39 Å². The Balaban J connectivity index is 1.68. The molecule has 2 atom stereocenters. The van der Waals surface area contributed by atoms with Crippen molar-refractivity contribution in [2.45, 2.75) is 12.5 Å². The van der Waals surface area contributed by atoms with Crippen LogP contribution in [-0.2, 0) is 16.1 Å². The van der Waals surface area contributed by atoms with Gasteiger partial charge >= 0.3 is 12.1 Å². The number of rotatable bonds is 4. The monoisotopic (exact) mass is 344 g/mol. The van der Waals surface area contributed by atoms with E-state index in [0.717, 1.165) is 5.56 Å². The first-order chi connectivity index (χ1) is 12.0. The van der Waals surface area contributed by atoms with E-state index in [1.54, 1.807) is 0 Å². The zero-order valence-electron chi connectivity index (χ0n) is 13.3. The topological polar surface area (TPSA) is 79.7 Å². The molecule has 6 nitrogen and oxygen atoms in total. The van der Waals surface area contributed by atoms with Crippen LogP contribution in [0.1, 0.15) is 17.0 Å². The van der Waals surface area contributed by atoms with Crippen molar-refractivity contribution in [3.63, 3.8) is 0 Å². The Morgan fingerprint density at radius 2 is 1.96 bits per heavy atom. The van der Waals surface area contributed by atoms with E-state index in [4.69, 9.17) is 4.74 Å². The number of likely N-dealkylation sites (tertiary alicyclic amines) is 1. The Morgan fingerprint density at radius 3 is 2.60 bits per heavy atom. The van der Waals surface area contributed by atoms with Crippen molar-refractivity contribution in [2.75, 3.05) is 13.1 Å². The van der Waals surface area contributed by atoms with E-state index >= 15 is 0 Å². The SMILES string of the molecule is O=C(O)C1CN(C(=O)OCc2ccccc2)CC1c1ccc(F)nc1. The number of ether oxygens (including phenoxy) is 1. The zero-order valence-corrected chi connectivity index (χ0v) is 13.3. The van der Waals surface area contributed by atoms with E-state index in [1.165, 1.54) is 23.2 Å². The summed E-state index contributed by atoms with van der Waals surface area (Å²) < 4.78 is 18.2. The van der Waals surface area contributed by atoms with Gasteiger partial charge in [0, 0.05) is 25.2 Å². The molecule has 1 aliphatic heterocycles. The summed E-state index contributed by atoms with van der Waals surface area (Å²) in [6, 6.07) is 11.9. The lowest BCUT2D eigenvalue weighted by Gasteiger charge is -2.16. The number of carboxylic acids is 1. The highest BCUT2D eigenvalue weighted by Crippen LogP contribution is 2.33. The van der Waals surface area contributed by atoms with Crippen LogP contribution in [0.5, 0.6) is 0 Å². The molecule has 130 valence electrons. The molecule has 1 aromatic heterocycles. The van der Waals surface area contributed by atoms with E-state index in [1.807, 2.05) is 30.3 Å². The summed E-state index contributed by atoms with van der Waals surface area (Å²) >= 11 is 0. The number of nitrogens with zero attached hydrogens (tertiary/aromatic N) is 2. The van der Waals surface area contributed by atoms with Crippen LogP contribution in [0, 0.1) is 11.9 Å². The summed E-state index contributed by atoms with van der Waals surface area (Å²) in [4.78, 5) is 28.7. The standard InChI is InChI=1S/C18H17FN2O4/c19-16-7-6-13(8-20-16)14-9-21(10-15(14)17(22)23)18(24)25-11-12-4-2-1-3-5-12/h1-8,14-15H,9-11H2,(H,22,23). The predicted molar refractivity (Wildman–Crippen MR) is 86.3 cm³/mol. The fraction of sp³-hybridized carbons (Fsp3) is 0.278. The Hall–Kier alpha value is -2.96. The molecule has 0 aliphatic carbocycles. The average molecular weight is 344 g/mol. The van der Waals surface area contributed by atoms with Crippen molar-refractivity contribution in [3.8, 4) is 0 Å². The Kier molecular flexibility index (Phi) is 4.92. The Labute approximate surface area is 143 Å². The van der Waals surface area contributed by atoms with E-state index < -0.39 is 29.8 Å². The number of aliphatic carboxylic acids is 1. The quantitative estimate of drug-likeness (QED) is 0.863. The fourth-order valence-corrected chi connectivity index (χ4v) is 2.96. The highest BCUT2D eigenvalue weighted by Gasteiger charge is 2.41. The van der Waals surface area contributed by atoms with E-state index in [0.29, 0.717) is 5.56 Å². The summed E-state index contributed by atoms with van der Waals surface area (Å²) in [5.41, 5.74) is 1.44. The second kappa shape index (κ2) is 7.29. The first-order valence-corrected chi connectivity index (χ1v) is 7.84. The number of hydrogen-bond donors (Lipinski definition) is 1. The first-order valence-electron chi connectivity index (χ1n) is 7.84. The summed E-state index contributed by atoms with van der Waals surface area (Å²) in [5, 5.41) is 9.43. The minimum atomic E-state index is -1.01. The molecule has 1 aromatic carbocycles. The predicted octanol–water partition coefficient (Wildman–Crippen LogP) is 2.66. The third kappa shape index (κ3) is 3.93. The van der Waals surface area contributed by atoms with Crippen molar-refractivity contribution < 1.29 is 23.8 Å². The molecule has 1 fully saturated rings. The molecule has 1 N–H and O–H groups in total. The second-order valence-corrected chi connectivity index (χ2v) is 5.91. The molecule has 0 spiro atoms. The van der Waals surface area contributed by atoms with Gasteiger partial charge in [-0.05, 0) is 17.2 Å². The number of halogens is 1. The molecule has 0 bridgehead atoms. The van der Waals surface area contributed by atoms with Crippen LogP contribution >= 0.6 is 0 Å². The highest BCUT2D eigenvalue weighted by molar-refractivity contribution is 5.75. The van der Waals surface area contributed by atoms with Crippen LogP contribution in [0.4, 0.5) is 9.18 Å². The maximum atomic E-state index is 13.0. The number of aromatic nitrogens is 1. The smallest absolute Gasteiger partial charge is 0.410 e. The number of carbonyl (C=O) groups excluding carboxylic acids is 1. The normalized spacial score (nSPS) is 19.6. The molecular weight excluding hydrogens is 327 g/mol. The molecule has 1 amide bonds. The third-order valence-corrected chi connectivity index (χ3v) is 4.28. The lowest BCUT2D eigenvalue weighted by Crippen LogP contribution is -2.30. The molecule has 3 rings (SSSR count). The number of carboxylic acid groups (broad SMARTS) is 1. The van der Waals surface area contributed by atoms with Crippen molar-refractivity contribution in [2.24, 2.45) is 5.92 Å². The average Bonchev–Trinajstić information content (AvgIpc) is 3.07. The van der Waals surface area contributed by atoms with Gasteiger partial charge in [-0.3, -0.25) is 4.79 Å². The van der Waals surface area contributed by atoms with Crippen LogP contribution in [0.25, 0.3) is 0 Å². The number of amides is 1. The van der Waals surface area contributed by atoms with Gasteiger partial charge in [-0.25, -0.2) is 9.78 Å². The maximum Gasteiger partial charge on any atom is 0.410 e. The zero-order chi connectivity index (χ0) is 17.8. The van der Waals surface area contributed by atoms with Gasteiger partial charge in [0.25, 0.3) is 0 Å². The van der Waals surface area contributed by atoms with E-state index in [2.05, 4.69) is 4.98 Å². The molecule has 0 radical (unpaired) electrons. The summed E-state index contributed by atoms with van der Waals surface area (Å²) in [5.74, 6) is -2.87. The minimum absolute atomic E-state index is 0.0466. The van der Waals surface area contributed by atoms with Gasteiger partial charge in [0.1, 0.15) is 6.61 Å². The number of hydrogen-bond acceptors (Lipinski definition) is 4. The molecular formula is C18H17FN2O4. The van der Waals surface area contributed by atoms with Crippen LogP contribution in [0.3, 0.4) is 0 Å². The van der Waals surface area contributed by atoms with Crippen LogP contribution in [0.2, 0.25) is 0 Å². The van der Waals surface area contributed by atoms with E-state index in [9.17, 15) is 19.1 Å². The number of benzene rings is 1. The van der Waals surface area contributed by atoms with Crippen molar-refractivity contribution in [1.29, 1.82) is 0 Å². The van der Waals surface area contributed by atoms with Gasteiger partial charge in [-0.15, -0.1) is 0 Å². The van der Waals surface area contributed by atoms with Crippen molar-refractivity contribution in [1.82, 2.24) is 9.88 Å². The highest BCUT2D eigenvalue weighted by atomic mass is 19.1. The molecule has 1 saturated heterocycles. The third-order valence-electron chi connectivity index (χ3n) is 4.28. The van der Waals surface area contributed by atoms with Gasteiger partial charge in [-0.1, -0.05) is 36.4 Å². The maximum absolute atomic E-state index is 13.0. The molecule has 2 unspecified atom stereocenters. The first kappa shape index (κ1) is 16.9. The summed E-state index contributed by atoms with van der Waals surface area (Å²) in [6.45, 7) is 0.361.